The van der Waals surface area contributed by atoms with Crippen molar-refractivity contribution in [2.24, 2.45) is 5.41 Å². The van der Waals surface area contributed by atoms with E-state index in [9.17, 15) is 18.0 Å². The summed E-state index contributed by atoms with van der Waals surface area (Å²) in [5.41, 5.74) is -0.388. The molecule has 0 spiro atoms. The van der Waals surface area contributed by atoms with E-state index in [1.54, 1.807) is 26.0 Å². The first-order valence-corrected chi connectivity index (χ1v) is 13.4. The van der Waals surface area contributed by atoms with Gasteiger partial charge in [-0.15, -0.1) is 5.92 Å². The Labute approximate surface area is 212 Å². The lowest BCUT2D eigenvalue weighted by Gasteiger charge is -2.39. The Kier molecular flexibility index (Phi) is 9.37. The lowest BCUT2D eigenvalue weighted by molar-refractivity contribution is -0.156. The molecule has 8 nitrogen and oxygen atoms in total. The van der Waals surface area contributed by atoms with Crippen LogP contribution in [0.1, 0.15) is 32.3 Å². The number of hydrogen-bond acceptors (Lipinski definition) is 7. The van der Waals surface area contributed by atoms with E-state index >= 15 is 0 Å². The highest BCUT2D eigenvalue weighted by molar-refractivity contribution is 7.91. The van der Waals surface area contributed by atoms with Crippen molar-refractivity contribution in [3.8, 4) is 17.6 Å². The summed E-state index contributed by atoms with van der Waals surface area (Å²) in [6.45, 7) is 4.24. The van der Waals surface area contributed by atoms with Crippen molar-refractivity contribution >= 4 is 21.9 Å². The Hall–Kier alpha value is -3.51. The van der Waals surface area contributed by atoms with E-state index in [0.717, 1.165) is 5.56 Å². The average Bonchev–Trinajstić information content (AvgIpc) is 2.88. The van der Waals surface area contributed by atoms with E-state index in [1.165, 1.54) is 17.0 Å². The molecule has 1 aliphatic heterocycles. The Morgan fingerprint density at radius 2 is 1.67 bits per heavy atom. The van der Waals surface area contributed by atoms with Gasteiger partial charge >= 0.3 is 12.1 Å². The summed E-state index contributed by atoms with van der Waals surface area (Å²) >= 11 is 0. The number of hydrogen-bond donors (Lipinski definition) is 0. The van der Waals surface area contributed by atoms with Crippen molar-refractivity contribution in [3.63, 3.8) is 0 Å². The molecule has 0 aliphatic carbocycles. The van der Waals surface area contributed by atoms with Crippen molar-refractivity contribution in [1.82, 2.24) is 4.90 Å². The second kappa shape index (κ2) is 12.5. The summed E-state index contributed by atoms with van der Waals surface area (Å²) < 4.78 is 42.7. The van der Waals surface area contributed by atoms with Gasteiger partial charge in [-0.1, -0.05) is 36.3 Å². The largest absolute Gasteiger partial charge is 0.481 e. The second-order valence-electron chi connectivity index (χ2n) is 8.47. The van der Waals surface area contributed by atoms with Crippen LogP contribution in [-0.4, -0.2) is 57.4 Å². The quantitative estimate of drug-likeness (QED) is 0.371. The monoisotopic (exact) mass is 513 g/mol. The van der Waals surface area contributed by atoms with Crippen molar-refractivity contribution < 1.29 is 32.2 Å². The predicted octanol–water partition coefficient (Wildman–Crippen LogP) is 3.84. The fourth-order valence-corrected chi connectivity index (χ4v) is 5.85. The Morgan fingerprint density at radius 1 is 1.00 bits per heavy atom. The molecule has 0 saturated carbocycles. The molecule has 1 saturated heterocycles. The number of piperidine rings is 1. The van der Waals surface area contributed by atoms with Gasteiger partial charge in [-0.05, 0) is 56.5 Å². The minimum Gasteiger partial charge on any atom is -0.481 e. The van der Waals surface area contributed by atoms with Crippen LogP contribution in [0, 0.1) is 17.3 Å². The topological polar surface area (TPSA) is 99.2 Å². The highest BCUT2D eigenvalue weighted by atomic mass is 32.2. The zero-order valence-electron chi connectivity index (χ0n) is 20.6. The van der Waals surface area contributed by atoms with Crippen molar-refractivity contribution in [1.29, 1.82) is 0 Å². The normalized spacial score (nSPS) is 14.8. The molecule has 2 aromatic rings. The van der Waals surface area contributed by atoms with Gasteiger partial charge in [0.25, 0.3) is 0 Å². The zero-order chi connectivity index (χ0) is 26.0. The predicted molar refractivity (Wildman–Crippen MR) is 134 cm³/mol. The number of carbonyl (C=O) groups is 2. The number of ether oxygens (including phenoxy) is 3. The lowest BCUT2D eigenvalue weighted by atomic mass is 9.80. The SMILES string of the molecule is CC#CCOc1ccc(S(=O)(=O)CC2(C(=O)OCC)CCN(C(=O)OCc3ccccc3)CC2)cc1. The molecule has 0 unspecified atom stereocenters. The van der Waals surface area contributed by atoms with Crippen LogP contribution in [0.25, 0.3) is 0 Å². The van der Waals surface area contributed by atoms with Gasteiger partial charge in [0.15, 0.2) is 9.84 Å². The van der Waals surface area contributed by atoms with Crippen LogP contribution in [0.5, 0.6) is 5.75 Å². The van der Waals surface area contributed by atoms with Crippen LogP contribution in [0.2, 0.25) is 0 Å². The minimum atomic E-state index is -3.83. The number of carbonyl (C=O) groups excluding carboxylic acids is 2. The highest BCUT2D eigenvalue weighted by Gasteiger charge is 2.47. The summed E-state index contributed by atoms with van der Waals surface area (Å²) in [6.07, 6.45) is -0.187. The molecule has 0 bridgehead atoms. The van der Waals surface area contributed by atoms with Gasteiger partial charge in [0.05, 0.1) is 22.7 Å². The summed E-state index contributed by atoms with van der Waals surface area (Å²) in [4.78, 5) is 27.1. The van der Waals surface area contributed by atoms with Gasteiger partial charge < -0.3 is 19.1 Å². The Balaban J connectivity index is 1.68. The van der Waals surface area contributed by atoms with Gasteiger partial charge in [0.1, 0.15) is 19.0 Å². The molecule has 1 heterocycles. The summed E-state index contributed by atoms with van der Waals surface area (Å²) in [6, 6.07) is 15.4. The van der Waals surface area contributed by atoms with Crippen LogP contribution in [0.15, 0.2) is 59.5 Å². The van der Waals surface area contributed by atoms with Gasteiger partial charge in [-0.3, -0.25) is 4.79 Å². The maximum atomic E-state index is 13.3. The zero-order valence-corrected chi connectivity index (χ0v) is 21.4. The maximum absolute atomic E-state index is 13.3. The molecule has 0 aromatic heterocycles. The Morgan fingerprint density at radius 3 is 2.28 bits per heavy atom. The molecule has 2 aromatic carbocycles. The van der Waals surface area contributed by atoms with Crippen LogP contribution in [0.3, 0.4) is 0 Å². The van der Waals surface area contributed by atoms with Crippen LogP contribution in [0.4, 0.5) is 4.79 Å². The van der Waals surface area contributed by atoms with E-state index in [2.05, 4.69) is 11.8 Å². The van der Waals surface area contributed by atoms with Crippen molar-refractivity contribution in [2.45, 2.75) is 38.2 Å². The van der Waals surface area contributed by atoms with Crippen LogP contribution < -0.4 is 4.74 Å². The van der Waals surface area contributed by atoms with Crippen LogP contribution >= 0.6 is 0 Å². The lowest BCUT2D eigenvalue weighted by Crippen LogP contribution is -2.50. The maximum Gasteiger partial charge on any atom is 0.410 e. The molecule has 0 radical (unpaired) electrons. The third kappa shape index (κ3) is 7.01. The molecule has 36 heavy (non-hydrogen) atoms. The molecule has 1 aliphatic rings. The fraction of sp³-hybridized carbons (Fsp3) is 0.407. The van der Waals surface area contributed by atoms with E-state index in [4.69, 9.17) is 14.2 Å². The molecular weight excluding hydrogens is 482 g/mol. The number of sulfone groups is 1. The highest BCUT2D eigenvalue weighted by Crippen LogP contribution is 2.37. The van der Waals surface area contributed by atoms with E-state index < -0.39 is 33.1 Å². The van der Waals surface area contributed by atoms with E-state index in [0.29, 0.717) is 5.75 Å². The second-order valence-corrected chi connectivity index (χ2v) is 10.5. The molecule has 1 amide bonds. The molecule has 192 valence electrons. The Bertz CT molecular complexity index is 1190. The number of benzene rings is 2. The number of esters is 1. The van der Waals surface area contributed by atoms with Gasteiger partial charge in [0, 0.05) is 13.1 Å². The van der Waals surface area contributed by atoms with E-state index in [1.807, 2.05) is 30.3 Å². The summed E-state index contributed by atoms with van der Waals surface area (Å²) in [5.74, 6) is 5.02. The standard InChI is InChI=1S/C27H31NO7S/c1-3-5-19-34-23-11-13-24(14-12-23)36(31,32)21-27(25(29)33-4-2)15-17-28(18-16-27)26(30)35-20-22-9-7-6-8-10-22/h6-14H,4,15-21H2,1-2H3. The molecular formula is C27H31NO7S. The van der Waals surface area contributed by atoms with Gasteiger partial charge in [-0.25, -0.2) is 13.2 Å². The smallest absolute Gasteiger partial charge is 0.410 e. The number of amides is 1. The van der Waals surface area contributed by atoms with Crippen LogP contribution in [-0.2, 0) is 30.7 Å². The van der Waals surface area contributed by atoms with E-state index in [-0.39, 0.29) is 50.6 Å². The number of likely N-dealkylation sites (tertiary alicyclic amines) is 1. The third-order valence-electron chi connectivity index (χ3n) is 6.03. The average molecular weight is 514 g/mol. The summed E-state index contributed by atoms with van der Waals surface area (Å²) in [7, 11) is -3.83. The van der Waals surface area contributed by atoms with Crippen molar-refractivity contribution in [3.05, 3.63) is 60.2 Å². The summed E-state index contributed by atoms with van der Waals surface area (Å²) in [5, 5.41) is 0. The fourth-order valence-electron chi connectivity index (χ4n) is 4.00. The van der Waals surface area contributed by atoms with Crippen molar-refractivity contribution in [2.75, 3.05) is 32.1 Å². The molecule has 9 heteroatoms. The first-order valence-electron chi connectivity index (χ1n) is 11.8. The first kappa shape index (κ1) is 27.1. The third-order valence-corrected chi connectivity index (χ3v) is 7.95. The number of rotatable bonds is 9. The molecule has 1 fully saturated rings. The number of nitrogens with zero attached hydrogens (tertiary/aromatic N) is 1. The molecule has 0 N–H and O–H groups in total. The molecule has 3 rings (SSSR count). The minimum absolute atomic E-state index is 0.0878. The molecule has 0 atom stereocenters. The first-order chi connectivity index (χ1) is 17.3. The van der Waals surface area contributed by atoms with Gasteiger partial charge in [0.2, 0.25) is 0 Å². The van der Waals surface area contributed by atoms with Gasteiger partial charge in [-0.2, -0.15) is 0 Å².